The highest BCUT2D eigenvalue weighted by Gasteiger charge is 2.44. The number of halogens is 2. The summed E-state index contributed by atoms with van der Waals surface area (Å²) in [6.07, 6.45) is 3.37. The zero-order valence-corrected chi connectivity index (χ0v) is 25.3. The summed E-state index contributed by atoms with van der Waals surface area (Å²) in [7, 11) is 0. The average Bonchev–Trinajstić information content (AvgIpc) is 3.84. The normalized spacial score (nSPS) is 21.0. The lowest BCUT2D eigenvalue weighted by Crippen LogP contribution is -2.32. The maximum Gasteiger partial charge on any atom is 0.254 e. The van der Waals surface area contributed by atoms with Crippen LogP contribution in [0.25, 0.3) is 11.5 Å². The van der Waals surface area contributed by atoms with Crippen molar-refractivity contribution >= 4 is 23.0 Å². The molecule has 1 aliphatic carbocycles. The Morgan fingerprint density at radius 2 is 1.95 bits per heavy atom. The second-order valence-corrected chi connectivity index (χ2v) is 12.9. The average molecular weight is 620 g/mol. The number of hydrogen-bond acceptors (Lipinski definition) is 7. The van der Waals surface area contributed by atoms with E-state index in [0.717, 1.165) is 29.1 Å². The van der Waals surface area contributed by atoms with Gasteiger partial charge in [-0.1, -0.05) is 30.3 Å². The molecule has 44 heavy (non-hydrogen) atoms. The number of aryl methyl sites for hydroxylation is 1. The van der Waals surface area contributed by atoms with Crippen LogP contribution >= 0.6 is 11.3 Å². The Kier molecular flexibility index (Phi) is 8.73. The van der Waals surface area contributed by atoms with E-state index in [9.17, 15) is 23.5 Å². The largest absolute Gasteiger partial charge is 0.445 e. The van der Waals surface area contributed by atoms with Crippen molar-refractivity contribution in [2.24, 2.45) is 11.8 Å². The summed E-state index contributed by atoms with van der Waals surface area (Å²) < 4.78 is 33.7. The van der Waals surface area contributed by atoms with Gasteiger partial charge in [-0.05, 0) is 68.2 Å². The molecule has 2 aromatic heterocycles. The Morgan fingerprint density at radius 3 is 2.64 bits per heavy atom. The second-order valence-electron chi connectivity index (χ2n) is 12.0. The predicted octanol–water partition coefficient (Wildman–Crippen LogP) is 7.31. The summed E-state index contributed by atoms with van der Waals surface area (Å²) in [5, 5.41) is 14.2. The maximum atomic E-state index is 14.1. The molecule has 2 aromatic carbocycles. The number of carbonyl (C=O) groups is 2. The van der Waals surface area contributed by atoms with E-state index in [-0.39, 0.29) is 54.9 Å². The van der Waals surface area contributed by atoms with Gasteiger partial charge in [0.05, 0.1) is 18.3 Å². The Balaban J connectivity index is 1.30. The SMILES string of the molecule is Cc1csc([C@H]2CCCN2C(=O)c2cc(C(=O)C[C@@H](Cc3ccccc3)[C@H](O)[C@@H]3CCC(F)(F)C3)cc(-c3ncco3)c2)n1. The lowest BCUT2D eigenvalue weighted by molar-refractivity contribution is -0.0134. The van der Waals surface area contributed by atoms with Crippen molar-refractivity contribution in [2.45, 2.75) is 69.9 Å². The molecule has 1 aliphatic heterocycles. The number of rotatable bonds is 10. The second kappa shape index (κ2) is 12.7. The number of Topliss-reactive ketones (excluding diaryl/α,β-unsaturated/α-hetero) is 1. The number of benzene rings is 2. The number of ketones is 1. The van der Waals surface area contributed by atoms with E-state index in [0.29, 0.717) is 24.1 Å². The molecule has 1 amide bonds. The van der Waals surface area contributed by atoms with E-state index < -0.39 is 23.9 Å². The summed E-state index contributed by atoms with van der Waals surface area (Å²) in [6, 6.07) is 14.2. The molecular formula is C34H35F2N3O4S. The fourth-order valence-corrected chi connectivity index (χ4v) is 7.55. The first-order valence-corrected chi connectivity index (χ1v) is 16.0. The van der Waals surface area contributed by atoms with Crippen LogP contribution in [0.3, 0.4) is 0 Å². The molecule has 4 atom stereocenters. The number of thiazole rings is 1. The van der Waals surface area contributed by atoms with Crippen LogP contribution in [-0.4, -0.2) is 50.2 Å². The van der Waals surface area contributed by atoms with Gasteiger partial charge in [0.2, 0.25) is 11.8 Å². The molecule has 4 aromatic rings. The molecule has 0 unspecified atom stereocenters. The van der Waals surface area contributed by atoms with Crippen molar-refractivity contribution in [3.63, 3.8) is 0 Å². The molecule has 1 saturated carbocycles. The fraction of sp³-hybridized carbons (Fsp3) is 0.412. The quantitative estimate of drug-likeness (QED) is 0.187. The fourth-order valence-electron chi connectivity index (χ4n) is 6.61. The van der Waals surface area contributed by atoms with E-state index in [1.54, 1.807) is 18.2 Å². The Bertz CT molecular complexity index is 1610. The van der Waals surface area contributed by atoms with Crippen LogP contribution in [-0.2, 0) is 6.42 Å². The smallest absolute Gasteiger partial charge is 0.254 e. The van der Waals surface area contributed by atoms with Gasteiger partial charge in [0.25, 0.3) is 5.91 Å². The number of alkyl halides is 2. The van der Waals surface area contributed by atoms with Crippen molar-refractivity contribution in [1.82, 2.24) is 14.9 Å². The standard InChI is InChI=1S/C34H35F2N3O4S/c1-21-20-44-32(38-21)28-8-5-12-39(28)33(42)27-16-24(15-26(17-27)31-37-11-13-43-31)29(40)18-25(14-22-6-3-2-4-7-22)30(41)23-9-10-34(35,36)19-23/h2-4,6-7,11,13,15-17,20,23,25,28,30,41H,5,8-10,12,14,18-19H2,1H3/t23-,25-,28-,30-/m1/s1. The van der Waals surface area contributed by atoms with Crippen LogP contribution in [0.15, 0.2) is 70.8 Å². The summed E-state index contributed by atoms with van der Waals surface area (Å²) >= 11 is 1.54. The minimum atomic E-state index is -2.81. The van der Waals surface area contributed by atoms with Crippen molar-refractivity contribution in [2.75, 3.05) is 6.54 Å². The van der Waals surface area contributed by atoms with Gasteiger partial charge in [0.15, 0.2) is 5.78 Å². The van der Waals surface area contributed by atoms with Crippen LogP contribution in [0.1, 0.15) is 81.5 Å². The van der Waals surface area contributed by atoms with Crippen molar-refractivity contribution in [3.8, 4) is 11.5 Å². The minimum absolute atomic E-state index is 0.0640. The highest BCUT2D eigenvalue weighted by molar-refractivity contribution is 7.09. The number of aliphatic hydroxyl groups is 1. The van der Waals surface area contributed by atoms with Crippen LogP contribution < -0.4 is 0 Å². The minimum Gasteiger partial charge on any atom is -0.445 e. The molecular weight excluding hydrogens is 584 g/mol. The summed E-state index contributed by atoms with van der Waals surface area (Å²) in [5.74, 6) is -4.20. The first-order valence-electron chi connectivity index (χ1n) is 15.1. The van der Waals surface area contributed by atoms with Crippen LogP contribution in [0.4, 0.5) is 8.78 Å². The van der Waals surface area contributed by atoms with Crippen LogP contribution in [0.2, 0.25) is 0 Å². The molecule has 1 N–H and O–H groups in total. The van der Waals surface area contributed by atoms with E-state index in [1.807, 2.05) is 47.5 Å². The summed E-state index contributed by atoms with van der Waals surface area (Å²) in [6.45, 7) is 2.51. The molecule has 7 nitrogen and oxygen atoms in total. The molecule has 3 heterocycles. The number of carbonyl (C=O) groups excluding carboxylic acids is 2. The topological polar surface area (TPSA) is 96.5 Å². The lowest BCUT2D eigenvalue weighted by atomic mass is 9.81. The Labute approximate surface area is 259 Å². The molecule has 0 spiro atoms. The first kappa shape index (κ1) is 30.3. The third kappa shape index (κ3) is 6.66. The number of aromatic nitrogens is 2. The predicted molar refractivity (Wildman–Crippen MR) is 163 cm³/mol. The highest BCUT2D eigenvalue weighted by atomic mass is 32.1. The number of oxazole rings is 1. The Hall–Kier alpha value is -3.76. The molecule has 2 fully saturated rings. The maximum absolute atomic E-state index is 14.1. The monoisotopic (exact) mass is 619 g/mol. The van der Waals surface area contributed by atoms with Gasteiger partial charge in [0.1, 0.15) is 11.3 Å². The third-order valence-electron chi connectivity index (χ3n) is 8.81. The van der Waals surface area contributed by atoms with E-state index >= 15 is 0 Å². The molecule has 230 valence electrons. The van der Waals surface area contributed by atoms with Gasteiger partial charge in [-0.2, -0.15) is 0 Å². The van der Waals surface area contributed by atoms with E-state index in [1.165, 1.54) is 23.8 Å². The molecule has 2 aliphatic rings. The van der Waals surface area contributed by atoms with Crippen molar-refractivity contribution in [1.29, 1.82) is 0 Å². The zero-order chi connectivity index (χ0) is 30.8. The summed E-state index contributed by atoms with van der Waals surface area (Å²) in [5.41, 5.74) is 2.93. The molecule has 6 rings (SSSR count). The van der Waals surface area contributed by atoms with Gasteiger partial charge in [-0.25, -0.2) is 18.7 Å². The van der Waals surface area contributed by atoms with Gasteiger partial charge in [-0.15, -0.1) is 11.3 Å². The molecule has 1 saturated heterocycles. The van der Waals surface area contributed by atoms with Crippen molar-refractivity contribution in [3.05, 3.63) is 93.8 Å². The first-order chi connectivity index (χ1) is 21.2. The Morgan fingerprint density at radius 1 is 1.16 bits per heavy atom. The van der Waals surface area contributed by atoms with Gasteiger partial charge < -0.3 is 14.4 Å². The van der Waals surface area contributed by atoms with E-state index in [2.05, 4.69) is 9.97 Å². The number of likely N-dealkylation sites (tertiary alicyclic amines) is 1. The molecule has 0 radical (unpaired) electrons. The third-order valence-corrected chi connectivity index (χ3v) is 9.88. The van der Waals surface area contributed by atoms with Crippen LogP contribution in [0, 0.1) is 18.8 Å². The van der Waals surface area contributed by atoms with Gasteiger partial charge in [-0.3, -0.25) is 9.59 Å². The number of nitrogens with zero attached hydrogens (tertiary/aromatic N) is 3. The number of hydrogen-bond donors (Lipinski definition) is 1. The highest BCUT2D eigenvalue weighted by Crippen LogP contribution is 2.43. The van der Waals surface area contributed by atoms with Gasteiger partial charge >= 0.3 is 0 Å². The van der Waals surface area contributed by atoms with E-state index in [4.69, 9.17) is 4.42 Å². The molecule has 0 bridgehead atoms. The summed E-state index contributed by atoms with van der Waals surface area (Å²) in [4.78, 5) is 38.6. The van der Waals surface area contributed by atoms with Crippen LogP contribution in [0.5, 0.6) is 0 Å². The lowest BCUT2D eigenvalue weighted by Gasteiger charge is -2.28. The molecule has 10 heteroatoms. The van der Waals surface area contributed by atoms with Gasteiger partial charge in [0, 0.05) is 53.6 Å². The zero-order valence-electron chi connectivity index (χ0n) is 24.5. The number of aliphatic hydroxyl groups excluding tert-OH is 1. The number of amides is 1. The van der Waals surface area contributed by atoms with Crippen molar-refractivity contribution < 1.29 is 27.9 Å².